The van der Waals surface area contributed by atoms with Gasteiger partial charge in [0.15, 0.2) is 0 Å². The average Bonchev–Trinajstić information content (AvgIpc) is 3.05. The van der Waals surface area contributed by atoms with Crippen molar-refractivity contribution in [1.29, 1.82) is 0 Å². The van der Waals surface area contributed by atoms with Crippen LogP contribution in [0, 0.1) is 17.8 Å². The van der Waals surface area contributed by atoms with Gasteiger partial charge in [0.05, 0.1) is 14.6 Å². The van der Waals surface area contributed by atoms with E-state index in [1.54, 1.807) is 6.07 Å². The maximum absolute atomic E-state index is 12.3. The molecule has 0 aromatic carbocycles. The van der Waals surface area contributed by atoms with Crippen LogP contribution in [0.25, 0.3) is 0 Å². The maximum Gasteiger partial charge on any atom is 0.308 e. The van der Waals surface area contributed by atoms with Gasteiger partial charge in [0.1, 0.15) is 0 Å². The number of thiophene rings is 1. The predicted molar refractivity (Wildman–Crippen MR) is 82.9 cm³/mol. The van der Waals surface area contributed by atoms with E-state index >= 15 is 0 Å². The molecule has 1 amide bonds. The Morgan fingerprint density at radius 3 is 2.60 bits per heavy atom. The summed E-state index contributed by atoms with van der Waals surface area (Å²) in [5.41, 5.74) is 0. The van der Waals surface area contributed by atoms with Crippen LogP contribution >= 0.6 is 43.2 Å². The molecule has 1 heterocycles. The molecule has 20 heavy (non-hydrogen) atoms. The minimum absolute atomic E-state index is 0.176. The number of hydrogen-bond donors (Lipinski definition) is 2. The number of amides is 1. The van der Waals surface area contributed by atoms with Gasteiger partial charge < -0.3 is 10.4 Å². The predicted octanol–water partition coefficient (Wildman–Crippen LogP) is 3.50. The van der Waals surface area contributed by atoms with E-state index in [0.29, 0.717) is 10.8 Å². The van der Waals surface area contributed by atoms with Crippen LogP contribution in [0.5, 0.6) is 0 Å². The molecule has 2 fully saturated rings. The van der Waals surface area contributed by atoms with Gasteiger partial charge in [-0.1, -0.05) is 0 Å². The molecule has 0 radical (unpaired) electrons. The van der Waals surface area contributed by atoms with E-state index in [2.05, 4.69) is 37.2 Å². The number of halogens is 2. The number of carbonyl (C=O) groups excluding carboxylic acids is 1. The Balaban J connectivity index is 1.76. The third kappa shape index (κ3) is 2.44. The molecular formula is C13H13Br2NO3S. The van der Waals surface area contributed by atoms with E-state index in [1.165, 1.54) is 11.3 Å². The van der Waals surface area contributed by atoms with E-state index in [1.807, 2.05) is 0 Å². The lowest BCUT2D eigenvalue weighted by Crippen LogP contribution is -2.46. The molecule has 2 aliphatic rings. The molecule has 2 saturated carbocycles. The number of carboxylic acid groups (broad SMARTS) is 1. The Labute approximate surface area is 137 Å². The van der Waals surface area contributed by atoms with Gasteiger partial charge in [-0.25, -0.2) is 0 Å². The first-order chi connectivity index (χ1) is 9.47. The summed E-state index contributed by atoms with van der Waals surface area (Å²) in [7, 11) is 0. The van der Waals surface area contributed by atoms with E-state index in [9.17, 15) is 14.7 Å². The molecule has 4 nitrogen and oxygen atoms in total. The summed E-state index contributed by atoms with van der Waals surface area (Å²) in [5.74, 6) is -0.840. The van der Waals surface area contributed by atoms with Crippen LogP contribution in [0.15, 0.2) is 14.3 Å². The lowest BCUT2D eigenvalue weighted by Gasteiger charge is -2.28. The summed E-state index contributed by atoms with van der Waals surface area (Å²) in [5, 5.41) is 12.3. The minimum atomic E-state index is -0.781. The topological polar surface area (TPSA) is 66.4 Å². The average molecular weight is 423 g/mol. The zero-order chi connectivity index (χ0) is 14.4. The summed E-state index contributed by atoms with van der Waals surface area (Å²) >= 11 is 8.06. The van der Waals surface area contributed by atoms with Crippen LogP contribution in [-0.2, 0) is 4.79 Å². The molecule has 2 N–H and O–H groups in total. The van der Waals surface area contributed by atoms with Gasteiger partial charge in [0.2, 0.25) is 0 Å². The van der Waals surface area contributed by atoms with E-state index in [4.69, 9.17) is 0 Å². The molecule has 2 bridgehead atoms. The molecule has 4 atom stereocenters. The van der Waals surface area contributed by atoms with Gasteiger partial charge in [-0.3, -0.25) is 9.59 Å². The SMILES string of the molecule is O=C(NC1C2CCC(C2)C1C(=O)O)c1cc(Br)c(Br)s1. The standard InChI is InChI=1S/C13H13Br2NO3S/c14-7-4-8(20-11(7)15)12(17)16-10-6-2-1-5(3-6)9(10)13(18)19/h4-6,9-10H,1-3H2,(H,16,17)(H,18,19). The minimum Gasteiger partial charge on any atom is -0.481 e. The van der Waals surface area contributed by atoms with Gasteiger partial charge in [-0.15, -0.1) is 11.3 Å². The highest BCUT2D eigenvalue weighted by molar-refractivity contribution is 9.13. The van der Waals surface area contributed by atoms with Crippen LogP contribution < -0.4 is 5.32 Å². The fourth-order valence-corrected chi connectivity index (χ4v) is 5.47. The Kier molecular flexibility index (Phi) is 3.94. The Bertz CT molecular complexity index is 554. The quantitative estimate of drug-likeness (QED) is 0.783. The smallest absolute Gasteiger partial charge is 0.308 e. The molecule has 4 unspecified atom stereocenters. The van der Waals surface area contributed by atoms with Crippen LogP contribution in [0.3, 0.4) is 0 Å². The highest BCUT2D eigenvalue weighted by atomic mass is 79.9. The summed E-state index contributed by atoms with van der Waals surface area (Å²) in [6.07, 6.45) is 2.93. The van der Waals surface area contributed by atoms with E-state index in [-0.39, 0.29) is 17.9 Å². The van der Waals surface area contributed by atoms with Crippen molar-refractivity contribution in [2.75, 3.05) is 0 Å². The molecule has 108 valence electrons. The molecular weight excluding hydrogens is 410 g/mol. The van der Waals surface area contributed by atoms with Crippen molar-refractivity contribution < 1.29 is 14.7 Å². The molecule has 0 spiro atoms. The molecule has 1 aromatic heterocycles. The number of nitrogens with one attached hydrogen (secondary N) is 1. The lowest BCUT2D eigenvalue weighted by atomic mass is 9.84. The van der Waals surface area contributed by atoms with Crippen LogP contribution in [0.1, 0.15) is 28.9 Å². The number of rotatable bonds is 3. The Morgan fingerprint density at radius 2 is 2.00 bits per heavy atom. The Hall–Kier alpha value is -0.400. The molecule has 0 aliphatic heterocycles. The summed E-state index contributed by atoms with van der Waals surface area (Å²) < 4.78 is 1.71. The lowest BCUT2D eigenvalue weighted by molar-refractivity contribution is -0.144. The van der Waals surface area contributed by atoms with Crippen molar-refractivity contribution in [3.8, 4) is 0 Å². The number of hydrogen-bond acceptors (Lipinski definition) is 3. The van der Waals surface area contributed by atoms with Crippen molar-refractivity contribution in [2.45, 2.75) is 25.3 Å². The van der Waals surface area contributed by atoms with Crippen LogP contribution in [0.4, 0.5) is 0 Å². The molecule has 1 aromatic rings. The summed E-state index contributed by atoms with van der Waals surface area (Å²) in [4.78, 5) is 24.3. The fourth-order valence-electron chi connectivity index (χ4n) is 3.54. The van der Waals surface area contributed by atoms with Crippen molar-refractivity contribution >= 4 is 55.1 Å². The first-order valence-electron chi connectivity index (χ1n) is 6.46. The zero-order valence-electron chi connectivity index (χ0n) is 10.4. The number of aliphatic carboxylic acids is 1. The van der Waals surface area contributed by atoms with Crippen molar-refractivity contribution in [1.82, 2.24) is 5.32 Å². The number of carboxylic acids is 1. The van der Waals surface area contributed by atoms with Crippen molar-refractivity contribution in [3.63, 3.8) is 0 Å². The molecule has 3 rings (SSSR count). The van der Waals surface area contributed by atoms with Gasteiger partial charge in [0, 0.05) is 10.5 Å². The van der Waals surface area contributed by atoms with Crippen LogP contribution in [0.2, 0.25) is 0 Å². The zero-order valence-corrected chi connectivity index (χ0v) is 14.4. The maximum atomic E-state index is 12.3. The third-order valence-electron chi connectivity index (χ3n) is 4.37. The molecule has 7 heteroatoms. The monoisotopic (exact) mass is 421 g/mol. The second-order valence-electron chi connectivity index (χ2n) is 5.43. The van der Waals surface area contributed by atoms with Gasteiger partial charge in [0.25, 0.3) is 5.91 Å². The molecule has 0 saturated heterocycles. The number of fused-ring (bicyclic) bond motifs is 2. The van der Waals surface area contributed by atoms with Crippen molar-refractivity contribution in [2.24, 2.45) is 17.8 Å². The first-order valence-corrected chi connectivity index (χ1v) is 8.86. The summed E-state index contributed by atoms with van der Waals surface area (Å²) in [6, 6.07) is 1.53. The molecule has 2 aliphatic carbocycles. The number of carbonyl (C=O) groups is 2. The third-order valence-corrected chi connectivity index (χ3v) is 7.62. The normalized spacial score (nSPS) is 31.5. The van der Waals surface area contributed by atoms with E-state index < -0.39 is 11.9 Å². The summed E-state index contributed by atoms with van der Waals surface area (Å²) in [6.45, 7) is 0. The fraction of sp³-hybridized carbons (Fsp3) is 0.538. The van der Waals surface area contributed by atoms with Gasteiger partial charge in [-0.2, -0.15) is 0 Å². The van der Waals surface area contributed by atoms with Gasteiger partial charge in [-0.05, 0) is 69.0 Å². The second kappa shape index (κ2) is 5.42. The highest BCUT2D eigenvalue weighted by Crippen LogP contribution is 2.48. The first kappa shape index (κ1) is 14.5. The van der Waals surface area contributed by atoms with Crippen molar-refractivity contribution in [3.05, 3.63) is 19.2 Å². The highest BCUT2D eigenvalue weighted by Gasteiger charge is 2.51. The Morgan fingerprint density at radius 1 is 1.30 bits per heavy atom. The van der Waals surface area contributed by atoms with Gasteiger partial charge >= 0.3 is 5.97 Å². The van der Waals surface area contributed by atoms with E-state index in [0.717, 1.165) is 27.5 Å². The second-order valence-corrected chi connectivity index (χ2v) is 8.65. The van der Waals surface area contributed by atoms with Crippen LogP contribution in [-0.4, -0.2) is 23.0 Å². The largest absolute Gasteiger partial charge is 0.481 e.